The maximum atomic E-state index is 13.7. The lowest BCUT2D eigenvalue weighted by Crippen LogP contribution is -2.37. The number of rotatable bonds is 7. The molecule has 2 aromatic carbocycles. The van der Waals surface area contributed by atoms with Crippen LogP contribution in [-0.4, -0.2) is 38.4 Å². The average Bonchev–Trinajstić information content (AvgIpc) is 3.12. The number of carbonyl (C=O) groups excluding carboxylic acids is 2. The molecule has 1 heterocycles. The van der Waals surface area contributed by atoms with Crippen LogP contribution in [0.3, 0.4) is 0 Å². The van der Waals surface area contributed by atoms with Crippen molar-refractivity contribution in [1.29, 1.82) is 0 Å². The van der Waals surface area contributed by atoms with Crippen LogP contribution in [-0.2, 0) is 9.59 Å². The number of aryl methyl sites for hydroxylation is 2. The van der Waals surface area contributed by atoms with Crippen molar-refractivity contribution in [3.63, 3.8) is 0 Å². The van der Waals surface area contributed by atoms with Gasteiger partial charge < -0.3 is 10.6 Å². The molecule has 1 aromatic heterocycles. The lowest BCUT2D eigenvalue weighted by Gasteiger charge is -2.14. The van der Waals surface area contributed by atoms with E-state index in [1.54, 1.807) is 13.8 Å². The highest BCUT2D eigenvalue weighted by atomic mass is 32.2. The minimum absolute atomic E-state index is 0.465. The number of nitrogens with one attached hydrogen (secondary N) is 2. The smallest absolute Gasteiger partial charge is 0.243 e. The zero-order valence-corrected chi connectivity index (χ0v) is 18.3. The number of benzene rings is 2. The Morgan fingerprint density at radius 1 is 1.06 bits per heavy atom. The molecule has 168 valence electrons. The van der Waals surface area contributed by atoms with Crippen molar-refractivity contribution < 1.29 is 22.8 Å². The fourth-order valence-corrected chi connectivity index (χ4v) is 3.78. The maximum absolute atomic E-state index is 13.7. The first-order chi connectivity index (χ1) is 15.2. The van der Waals surface area contributed by atoms with E-state index in [-0.39, 0.29) is 0 Å². The summed E-state index contributed by atoms with van der Waals surface area (Å²) in [4.78, 5) is 24.4. The first kappa shape index (κ1) is 23.3. The molecule has 0 aliphatic carbocycles. The number of amides is 2. The Hall–Kier alpha value is -3.34. The number of anilines is 1. The van der Waals surface area contributed by atoms with Gasteiger partial charge in [0, 0.05) is 0 Å². The number of nitrogens with zero attached hydrogens (tertiary/aromatic N) is 3. The quantitative estimate of drug-likeness (QED) is 0.413. The summed E-state index contributed by atoms with van der Waals surface area (Å²) in [6, 6.07) is 9.26. The van der Waals surface area contributed by atoms with Crippen molar-refractivity contribution in [1.82, 2.24) is 20.1 Å². The molecule has 1 atom stereocenters. The van der Waals surface area contributed by atoms with Crippen molar-refractivity contribution in [3.8, 4) is 5.69 Å². The zero-order valence-electron chi connectivity index (χ0n) is 17.4. The van der Waals surface area contributed by atoms with Crippen LogP contribution in [0.1, 0.15) is 18.3 Å². The summed E-state index contributed by atoms with van der Waals surface area (Å²) in [6.07, 6.45) is 0. The standard InChI is InChI=1S/C21H20F3N5O2S/c1-11-6-4-5-7-16(11)29-13(3)27-28-21(29)32-12(2)20(31)25-10-17(30)26-15-9-8-14(22)18(23)19(15)24/h4-9,12H,10H2,1-3H3,(H,25,31)(H,26,30). The second-order valence-electron chi connectivity index (χ2n) is 6.90. The van der Waals surface area contributed by atoms with E-state index in [4.69, 9.17) is 0 Å². The molecule has 0 spiro atoms. The number of hydrogen-bond acceptors (Lipinski definition) is 5. The topological polar surface area (TPSA) is 88.9 Å². The highest BCUT2D eigenvalue weighted by Crippen LogP contribution is 2.27. The summed E-state index contributed by atoms with van der Waals surface area (Å²) >= 11 is 1.16. The maximum Gasteiger partial charge on any atom is 0.243 e. The molecule has 7 nitrogen and oxygen atoms in total. The Kier molecular flexibility index (Phi) is 7.18. The summed E-state index contributed by atoms with van der Waals surface area (Å²) in [6.45, 7) is 4.91. The Morgan fingerprint density at radius 3 is 2.50 bits per heavy atom. The van der Waals surface area contributed by atoms with Gasteiger partial charge in [-0.15, -0.1) is 10.2 Å². The SMILES string of the molecule is Cc1ccccc1-n1c(C)nnc1SC(C)C(=O)NCC(=O)Nc1ccc(F)c(F)c1F. The largest absolute Gasteiger partial charge is 0.346 e. The lowest BCUT2D eigenvalue weighted by atomic mass is 10.2. The van der Waals surface area contributed by atoms with Gasteiger partial charge in [-0.2, -0.15) is 0 Å². The lowest BCUT2D eigenvalue weighted by molar-refractivity contribution is -0.123. The summed E-state index contributed by atoms with van der Waals surface area (Å²) in [5.74, 6) is -5.17. The third-order valence-electron chi connectivity index (χ3n) is 4.54. The summed E-state index contributed by atoms with van der Waals surface area (Å²) < 4.78 is 41.7. The number of aromatic nitrogens is 3. The van der Waals surface area contributed by atoms with Crippen LogP contribution in [0.25, 0.3) is 5.69 Å². The molecule has 0 bridgehead atoms. The van der Waals surface area contributed by atoms with Crippen molar-refractivity contribution in [2.75, 3.05) is 11.9 Å². The van der Waals surface area contributed by atoms with E-state index in [1.165, 1.54) is 0 Å². The van der Waals surface area contributed by atoms with E-state index in [1.807, 2.05) is 35.8 Å². The molecule has 0 saturated heterocycles. The monoisotopic (exact) mass is 463 g/mol. The minimum Gasteiger partial charge on any atom is -0.346 e. The molecular formula is C21H20F3N5O2S. The van der Waals surface area contributed by atoms with Crippen LogP contribution >= 0.6 is 11.8 Å². The second kappa shape index (κ2) is 9.86. The van der Waals surface area contributed by atoms with Crippen molar-refractivity contribution >= 4 is 29.3 Å². The molecule has 0 aliphatic rings. The number of thioether (sulfide) groups is 1. The van der Waals surface area contributed by atoms with E-state index in [9.17, 15) is 22.8 Å². The van der Waals surface area contributed by atoms with Crippen molar-refractivity contribution in [2.24, 2.45) is 0 Å². The summed E-state index contributed by atoms with van der Waals surface area (Å²) in [5.41, 5.74) is 1.38. The molecule has 11 heteroatoms. The van der Waals surface area contributed by atoms with Crippen molar-refractivity contribution in [2.45, 2.75) is 31.2 Å². The van der Waals surface area contributed by atoms with E-state index in [0.29, 0.717) is 17.0 Å². The van der Waals surface area contributed by atoms with Gasteiger partial charge in [0.1, 0.15) is 5.82 Å². The highest BCUT2D eigenvalue weighted by molar-refractivity contribution is 8.00. The van der Waals surface area contributed by atoms with E-state index < -0.39 is 46.7 Å². The third-order valence-corrected chi connectivity index (χ3v) is 5.58. The summed E-state index contributed by atoms with van der Waals surface area (Å²) in [5, 5.41) is 12.6. The number of carbonyl (C=O) groups is 2. The van der Waals surface area contributed by atoms with Crippen LogP contribution < -0.4 is 10.6 Å². The van der Waals surface area contributed by atoms with Gasteiger partial charge >= 0.3 is 0 Å². The Balaban J connectivity index is 1.61. The number of hydrogen-bond donors (Lipinski definition) is 2. The Bertz CT molecular complexity index is 1170. The molecule has 0 radical (unpaired) electrons. The van der Waals surface area contributed by atoms with Gasteiger partial charge in [0.2, 0.25) is 11.8 Å². The van der Waals surface area contributed by atoms with E-state index in [0.717, 1.165) is 29.1 Å². The van der Waals surface area contributed by atoms with Crippen LogP contribution in [0.4, 0.5) is 18.9 Å². The molecule has 0 fully saturated rings. The highest BCUT2D eigenvalue weighted by Gasteiger charge is 2.21. The Morgan fingerprint density at radius 2 is 1.78 bits per heavy atom. The molecule has 0 saturated carbocycles. The molecule has 1 unspecified atom stereocenters. The Labute approximate surface area is 186 Å². The fraction of sp³-hybridized carbons (Fsp3) is 0.238. The zero-order chi connectivity index (χ0) is 23.4. The molecule has 32 heavy (non-hydrogen) atoms. The molecule has 2 amide bonds. The van der Waals surface area contributed by atoms with Gasteiger partial charge in [-0.1, -0.05) is 30.0 Å². The van der Waals surface area contributed by atoms with Gasteiger partial charge in [0.05, 0.1) is 23.2 Å². The molecule has 3 rings (SSSR count). The van der Waals surface area contributed by atoms with E-state index in [2.05, 4.69) is 20.8 Å². The molecule has 3 aromatic rings. The minimum atomic E-state index is -1.69. The number of para-hydroxylation sites is 1. The van der Waals surface area contributed by atoms with Gasteiger partial charge in [-0.3, -0.25) is 14.2 Å². The van der Waals surface area contributed by atoms with Crippen LogP contribution in [0.15, 0.2) is 41.6 Å². The first-order valence-corrected chi connectivity index (χ1v) is 10.4. The van der Waals surface area contributed by atoms with Crippen molar-refractivity contribution in [3.05, 3.63) is 65.2 Å². The van der Waals surface area contributed by atoms with E-state index >= 15 is 0 Å². The van der Waals surface area contributed by atoms with Gasteiger partial charge in [0.15, 0.2) is 22.6 Å². The average molecular weight is 463 g/mol. The molecule has 0 aliphatic heterocycles. The third kappa shape index (κ3) is 5.10. The predicted octanol–water partition coefficient (Wildman–Crippen LogP) is 3.54. The molecule has 2 N–H and O–H groups in total. The first-order valence-electron chi connectivity index (χ1n) is 9.54. The van der Waals surface area contributed by atoms with Crippen LogP contribution in [0.2, 0.25) is 0 Å². The van der Waals surface area contributed by atoms with Gasteiger partial charge in [-0.05, 0) is 44.5 Å². The molecular weight excluding hydrogens is 443 g/mol. The summed E-state index contributed by atoms with van der Waals surface area (Å²) in [7, 11) is 0. The van der Waals surface area contributed by atoms with Crippen LogP contribution in [0, 0.1) is 31.3 Å². The van der Waals surface area contributed by atoms with Gasteiger partial charge in [0.25, 0.3) is 0 Å². The predicted molar refractivity (Wildman–Crippen MR) is 114 cm³/mol. The number of halogens is 3. The fourth-order valence-electron chi connectivity index (χ4n) is 2.85. The second-order valence-corrected chi connectivity index (χ2v) is 8.21. The van der Waals surface area contributed by atoms with Crippen LogP contribution in [0.5, 0.6) is 0 Å². The normalized spacial score (nSPS) is 11.8. The van der Waals surface area contributed by atoms with Gasteiger partial charge in [-0.25, -0.2) is 13.2 Å².